The molecule has 4 heteroatoms. The highest BCUT2D eigenvalue weighted by Gasteiger charge is 2.05. The third-order valence-corrected chi connectivity index (χ3v) is 4.22. The lowest BCUT2D eigenvalue weighted by atomic mass is 10.0. The van der Waals surface area contributed by atoms with Crippen LogP contribution in [0.5, 0.6) is 0 Å². The Morgan fingerprint density at radius 1 is 1.12 bits per heavy atom. The number of urea groups is 1. The lowest BCUT2D eigenvalue weighted by Gasteiger charge is -2.14. The first-order valence-corrected chi connectivity index (χ1v) is 9.30. The molecule has 0 fully saturated rings. The molecular formula is C20H34N2O2. The lowest BCUT2D eigenvalue weighted by Crippen LogP contribution is -2.35. The zero-order valence-corrected chi connectivity index (χ0v) is 15.6. The Bertz CT molecular complexity index is 445. The maximum atomic E-state index is 11.7. The van der Waals surface area contributed by atoms with Crippen molar-refractivity contribution in [2.24, 2.45) is 5.92 Å². The molecular weight excluding hydrogens is 300 g/mol. The summed E-state index contributed by atoms with van der Waals surface area (Å²) in [5.41, 5.74) is 2.33. The molecule has 1 aromatic rings. The largest absolute Gasteiger partial charge is 0.381 e. The van der Waals surface area contributed by atoms with Crippen LogP contribution in [0.3, 0.4) is 0 Å². The number of unbranched alkanes of at least 4 members (excludes halogenated alkanes) is 1. The molecule has 4 nitrogen and oxygen atoms in total. The number of aryl methyl sites for hydroxylation is 1. The Morgan fingerprint density at radius 2 is 1.88 bits per heavy atom. The Hall–Kier alpha value is -1.55. The van der Waals surface area contributed by atoms with E-state index in [4.69, 9.17) is 4.74 Å². The van der Waals surface area contributed by atoms with Crippen molar-refractivity contribution in [3.63, 3.8) is 0 Å². The maximum absolute atomic E-state index is 11.7. The van der Waals surface area contributed by atoms with E-state index in [1.54, 1.807) is 0 Å². The summed E-state index contributed by atoms with van der Waals surface area (Å²) in [5, 5.41) is 5.74. The molecule has 0 spiro atoms. The van der Waals surface area contributed by atoms with Crippen LogP contribution in [0.2, 0.25) is 0 Å². The van der Waals surface area contributed by atoms with Crippen LogP contribution in [0, 0.1) is 12.8 Å². The van der Waals surface area contributed by atoms with Crippen LogP contribution in [0.25, 0.3) is 0 Å². The van der Waals surface area contributed by atoms with E-state index in [1.165, 1.54) is 31.2 Å². The zero-order chi connectivity index (χ0) is 17.6. The molecule has 0 saturated heterocycles. The number of benzene rings is 1. The van der Waals surface area contributed by atoms with Gasteiger partial charge in [-0.1, -0.05) is 62.9 Å². The summed E-state index contributed by atoms with van der Waals surface area (Å²) in [5.74, 6) is 0.677. The molecule has 2 amide bonds. The standard InChI is InChI=1S/C20H34N2O2/c1-4-6-8-18(5-2)16-24-14-7-13-21-20(23)22-15-19-11-9-17(3)10-12-19/h9-12,18H,4-8,13-16H2,1-3H3,(H2,21,22,23). The fraction of sp³-hybridized carbons (Fsp3) is 0.650. The van der Waals surface area contributed by atoms with Crippen molar-refractivity contribution in [3.05, 3.63) is 35.4 Å². The normalized spacial score (nSPS) is 12.0. The van der Waals surface area contributed by atoms with E-state index < -0.39 is 0 Å². The molecule has 24 heavy (non-hydrogen) atoms. The molecule has 0 aliphatic carbocycles. The van der Waals surface area contributed by atoms with E-state index in [-0.39, 0.29) is 6.03 Å². The quantitative estimate of drug-likeness (QED) is 0.556. The first-order chi connectivity index (χ1) is 11.7. The fourth-order valence-electron chi connectivity index (χ4n) is 2.48. The molecule has 2 N–H and O–H groups in total. The molecule has 0 aliphatic heterocycles. The van der Waals surface area contributed by atoms with Gasteiger partial charge in [-0.05, 0) is 31.2 Å². The van der Waals surface area contributed by atoms with Gasteiger partial charge in [0.1, 0.15) is 0 Å². The van der Waals surface area contributed by atoms with Crippen molar-refractivity contribution in [2.75, 3.05) is 19.8 Å². The van der Waals surface area contributed by atoms with Crippen LogP contribution in [-0.4, -0.2) is 25.8 Å². The van der Waals surface area contributed by atoms with Crippen LogP contribution in [-0.2, 0) is 11.3 Å². The molecule has 0 saturated carbocycles. The number of hydrogen-bond donors (Lipinski definition) is 2. The summed E-state index contributed by atoms with van der Waals surface area (Å²) < 4.78 is 5.73. The Kier molecular flexibility index (Phi) is 10.9. The second-order valence-corrected chi connectivity index (χ2v) is 6.44. The summed E-state index contributed by atoms with van der Waals surface area (Å²) in [7, 11) is 0. The highest BCUT2D eigenvalue weighted by atomic mass is 16.5. The maximum Gasteiger partial charge on any atom is 0.315 e. The summed E-state index contributed by atoms with van der Waals surface area (Å²) >= 11 is 0. The molecule has 1 aromatic carbocycles. The van der Waals surface area contributed by atoms with Gasteiger partial charge in [-0.15, -0.1) is 0 Å². The van der Waals surface area contributed by atoms with E-state index in [2.05, 4.69) is 43.5 Å². The van der Waals surface area contributed by atoms with Crippen molar-refractivity contribution in [3.8, 4) is 0 Å². The summed E-state index contributed by atoms with van der Waals surface area (Å²) in [6.45, 7) is 9.26. The van der Waals surface area contributed by atoms with Gasteiger partial charge in [0.15, 0.2) is 0 Å². The van der Waals surface area contributed by atoms with Crippen molar-refractivity contribution >= 4 is 6.03 Å². The third kappa shape index (κ3) is 9.56. The smallest absolute Gasteiger partial charge is 0.315 e. The minimum atomic E-state index is -0.120. The van der Waals surface area contributed by atoms with E-state index in [0.717, 1.165) is 18.6 Å². The number of hydrogen-bond acceptors (Lipinski definition) is 2. The molecule has 136 valence electrons. The Balaban J connectivity index is 2.02. The van der Waals surface area contributed by atoms with Gasteiger partial charge in [-0.3, -0.25) is 0 Å². The molecule has 0 aromatic heterocycles. The predicted octanol–water partition coefficient (Wildman–Crippen LogP) is 4.42. The van der Waals surface area contributed by atoms with E-state index in [9.17, 15) is 4.79 Å². The zero-order valence-electron chi connectivity index (χ0n) is 15.6. The number of amides is 2. The Labute approximate surface area is 147 Å². The molecule has 0 heterocycles. The van der Waals surface area contributed by atoms with Crippen molar-refractivity contribution in [1.29, 1.82) is 0 Å². The SMILES string of the molecule is CCCCC(CC)COCCCNC(=O)NCc1ccc(C)cc1. The summed E-state index contributed by atoms with van der Waals surface area (Å²) in [6.07, 6.45) is 5.82. The first kappa shape index (κ1) is 20.5. The van der Waals surface area contributed by atoms with Crippen LogP contribution in [0.4, 0.5) is 4.79 Å². The van der Waals surface area contributed by atoms with E-state index in [1.807, 2.05) is 12.1 Å². The van der Waals surface area contributed by atoms with E-state index >= 15 is 0 Å². The predicted molar refractivity (Wildman–Crippen MR) is 100 cm³/mol. The highest BCUT2D eigenvalue weighted by Crippen LogP contribution is 2.12. The van der Waals surface area contributed by atoms with Gasteiger partial charge in [0.05, 0.1) is 0 Å². The van der Waals surface area contributed by atoms with Crippen molar-refractivity contribution in [1.82, 2.24) is 10.6 Å². The molecule has 1 unspecified atom stereocenters. The van der Waals surface area contributed by atoms with Gasteiger partial charge in [-0.2, -0.15) is 0 Å². The molecule has 0 aliphatic rings. The minimum Gasteiger partial charge on any atom is -0.381 e. The molecule has 1 atom stereocenters. The van der Waals surface area contributed by atoms with Gasteiger partial charge >= 0.3 is 6.03 Å². The number of carbonyl (C=O) groups excluding carboxylic acids is 1. The Morgan fingerprint density at radius 3 is 2.54 bits per heavy atom. The van der Waals surface area contributed by atoms with Crippen LogP contribution >= 0.6 is 0 Å². The number of ether oxygens (including phenoxy) is 1. The third-order valence-electron chi connectivity index (χ3n) is 4.22. The molecule has 1 rings (SSSR count). The van der Waals surface area contributed by atoms with Gasteiger partial charge in [0.2, 0.25) is 0 Å². The van der Waals surface area contributed by atoms with Gasteiger partial charge < -0.3 is 15.4 Å². The van der Waals surface area contributed by atoms with Crippen LogP contribution in [0.15, 0.2) is 24.3 Å². The minimum absolute atomic E-state index is 0.120. The second-order valence-electron chi connectivity index (χ2n) is 6.44. The van der Waals surface area contributed by atoms with Crippen molar-refractivity contribution in [2.45, 2.75) is 59.4 Å². The monoisotopic (exact) mass is 334 g/mol. The average molecular weight is 335 g/mol. The molecule has 0 radical (unpaired) electrons. The first-order valence-electron chi connectivity index (χ1n) is 9.30. The van der Waals surface area contributed by atoms with Crippen LogP contribution < -0.4 is 10.6 Å². The van der Waals surface area contributed by atoms with Crippen molar-refractivity contribution < 1.29 is 9.53 Å². The van der Waals surface area contributed by atoms with Crippen LogP contribution in [0.1, 0.15) is 57.1 Å². The number of nitrogens with one attached hydrogen (secondary N) is 2. The average Bonchev–Trinajstić information content (AvgIpc) is 2.60. The fourth-order valence-corrected chi connectivity index (χ4v) is 2.48. The van der Waals surface area contributed by atoms with Gasteiger partial charge in [0.25, 0.3) is 0 Å². The topological polar surface area (TPSA) is 50.4 Å². The summed E-state index contributed by atoms with van der Waals surface area (Å²) in [4.78, 5) is 11.7. The highest BCUT2D eigenvalue weighted by molar-refractivity contribution is 5.73. The summed E-state index contributed by atoms with van der Waals surface area (Å²) in [6, 6.07) is 8.05. The van der Waals surface area contributed by atoms with Gasteiger partial charge in [-0.25, -0.2) is 4.79 Å². The number of rotatable bonds is 12. The molecule has 0 bridgehead atoms. The lowest BCUT2D eigenvalue weighted by molar-refractivity contribution is 0.0924. The van der Waals surface area contributed by atoms with E-state index in [0.29, 0.717) is 25.6 Å². The second kappa shape index (κ2) is 12.8. The van der Waals surface area contributed by atoms with Gasteiger partial charge in [0, 0.05) is 26.3 Å². The number of carbonyl (C=O) groups is 1.